The van der Waals surface area contributed by atoms with E-state index in [-0.39, 0.29) is 18.0 Å². The number of thiocarbonyl (C=S) groups is 1. The number of aryl methyl sites for hydroxylation is 2. The van der Waals surface area contributed by atoms with Gasteiger partial charge in [-0.25, -0.2) is 9.78 Å². The summed E-state index contributed by atoms with van der Waals surface area (Å²) in [5, 5.41) is 5.66. The zero-order chi connectivity index (χ0) is 22.5. The van der Waals surface area contributed by atoms with Crippen molar-refractivity contribution in [2.24, 2.45) is 0 Å². The van der Waals surface area contributed by atoms with Crippen LogP contribution in [0, 0.1) is 13.8 Å². The number of rotatable bonds is 6. The van der Waals surface area contributed by atoms with Gasteiger partial charge in [0.25, 0.3) is 0 Å². The average molecular weight is 465 g/mol. The third-order valence-electron chi connectivity index (χ3n) is 4.79. The van der Waals surface area contributed by atoms with Gasteiger partial charge in [0.1, 0.15) is 23.4 Å². The van der Waals surface area contributed by atoms with Gasteiger partial charge in [0.05, 0.1) is 19.4 Å². The standard InChI is InChI=1S/C21H28N4O4S2/c1-12(2)19-22-14(4)8-16(23-19)29-10-15-9-25(6-7-28-15)21(30)24-17-13(3)11-31-18(17)20(26)27-5/h8,11-12,15H,6-7,9-10H2,1-5H3,(H,24,30). The first kappa shape index (κ1) is 23.4. The molecular weight excluding hydrogens is 436 g/mol. The molecule has 1 aliphatic heterocycles. The van der Waals surface area contributed by atoms with Crippen LogP contribution >= 0.6 is 23.6 Å². The molecule has 3 heterocycles. The molecular formula is C21H28N4O4S2. The van der Waals surface area contributed by atoms with Crippen molar-refractivity contribution >= 4 is 40.3 Å². The van der Waals surface area contributed by atoms with Gasteiger partial charge in [0.2, 0.25) is 5.88 Å². The van der Waals surface area contributed by atoms with E-state index in [0.29, 0.717) is 47.9 Å². The molecule has 1 fully saturated rings. The minimum atomic E-state index is -0.377. The molecule has 0 aromatic carbocycles. The molecule has 0 amide bonds. The number of carbonyl (C=O) groups excluding carboxylic acids is 1. The Labute approximate surface area is 191 Å². The lowest BCUT2D eigenvalue weighted by molar-refractivity contribution is -0.0288. The van der Waals surface area contributed by atoms with Crippen molar-refractivity contribution in [1.29, 1.82) is 0 Å². The Bertz CT molecular complexity index is 947. The quantitative estimate of drug-likeness (QED) is 0.509. The van der Waals surface area contributed by atoms with Gasteiger partial charge in [0.15, 0.2) is 5.11 Å². The van der Waals surface area contributed by atoms with E-state index in [1.165, 1.54) is 18.4 Å². The zero-order valence-electron chi connectivity index (χ0n) is 18.4. The predicted octanol–water partition coefficient (Wildman–Crippen LogP) is 3.54. The fraction of sp³-hybridized carbons (Fsp3) is 0.524. The number of morpholine rings is 1. The van der Waals surface area contributed by atoms with Crippen LogP contribution in [0.4, 0.5) is 5.69 Å². The number of aromatic nitrogens is 2. The fourth-order valence-corrected chi connectivity index (χ4v) is 4.30. The number of esters is 1. The minimum absolute atomic E-state index is 0.157. The molecule has 1 N–H and O–H groups in total. The van der Waals surface area contributed by atoms with Crippen LogP contribution in [0.5, 0.6) is 5.88 Å². The summed E-state index contributed by atoms with van der Waals surface area (Å²) >= 11 is 6.94. The topological polar surface area (TPSA) is 85.8 Å². The summed E-state index contributed by atoms with van der Waals surface area (Å²) in [6, 6.07) is 1.83. The van der Waals surface area contributed by atoms with Gasteiger partial charge in [-0.2, -0.15) is 4.98 Å². The summed E-state index contributed by atoms with van der Waals surface area (Å²) in [5.41, 5.74) is 2.51. The number of methoxy groups -OCH3 is 1. The van der Waals surface area contributed by atoms with E-state index >= 15 is 0 Å². The third-order valence-corrected chi connectivity index (χ3v) is 6.22. The molecule has 1 unspecified atom stereocenters. The van der Waals surface area contributed by atoms with E-state index in [0.717, 1.165) is 17.1 Å². The monoisotopic (exact) mass is 464 g/mol. The van der Waals surface area contributed by atoms with Crippen LogP contribution in [-0.2, 0) is 9.47 Å². The summed E-state index contributed by atoms with van der Waals surface area (Å²) in [6.07, 6.45) is -0.157. The Kier molecular flexibility index (Phi) is 7.79. The molecule has 0 saturated carbocycles. The number of thiophene rings is 1. The average Bonchev–Trinajstić information content (AvgIpc) is 3.11. The van der Waals surface area contributed by atoms with E-state index in [4.69, 9.17) is 26.4 Å². The van der Waals surface area contributed by atoms with Crippen molar-refractivity contribution in [3.05, 3.63) is 33.4 Å². The van der Waals surface area contributed by atoms with E-state index in [2.05, 4.69) is 29.1 Å². The summed E-state index contributed by atoms with van der Waals surface area (Å²) in [6.45, 7) is 10.1. The Morgan fingerprint density at radius 3 is 2.90 bits per heavy atom. The molecule has 10 heteroatoms. The molecule has 0 bridgehead atoms. The number of nitrogens with one attached hydrogen (secondary N) is 1. The highest BCUT2D eigenvalue weighted by molar-refractivity contribution is 7.80. The number of carbonyl (C=O) groups is 1. The number of hydrogen-bond donors (Lipinski definition) is 1. The van der Waals surface area contributed by atoms with Crippen molar-refractivity contribution in [3.63, 3.8) is 0 Å². The second kappa shape index (κ2) is 10.3. The maximum Gasteiger partial charge on any atom is 0.350 e. The summed E-state index contributed by atoms with van der Waals surface area (Å²) in [4.78, 5) is 23.5. The molecule has 1 atom stereocenters. The molecule has 2 aromatic heterocycles. The first-order valence-electron chi connectivity index (χ1n) is 10.1. The number of ether oxygens (including phenoxy) is 3. The van der Waals surface area contributed by atoms with E-state index in [1.54, 1.807) is 0 Å². The molecule has 2 aromatic rings. The van der Waals surface area contributed by atoms with Crippen LogP contribution in [0.1, 0.15) is 46.5 Å². The van der Waals surface area contributed by atoms with Gasteiger partial charge in [-0.3, -0.25) is 0 Å². The van der Waals surface area contributed by atoms with Gasteiger partial charge < -0.3 is 24.4 Å². The first-order chi connectivity index (χ1) is 14.8. The summed E-state index contributed by atoms with van der Waals surface area (Å²) < 4.78 is 16.6. The van der Waals surface area contributed by atoms with Crippen molar-refractivity contribution < 1.29 is 19.0 Å². The van der Waals surface area contributed by atoms with Crippen LogP contribution in [0.2, 0.25) is 0 Å². The molecule has 0 spiro atoms. The molecule has 0 radical (unpaired) electrons. The Morgan fingerprint density at radius 2 is 2.19 bits per heavy atom. The molecule has 1 aliphatic rings. The Balaban J connectivity index is 1.60. The Morgan fingerprint density at radius 1 is 1.42 bits per heavy atom. The van der Waals surface area contributed by atoms with Crippen molar-refractivity contribution in [1.82, 2.24) is 14.9 Å². The van der Waals surface area contributed by atoms with Crippen molar-refractivity contribution in [2.45, 2.75) is 39.7 Å². The van der Waals surface area contributed by atoms with Crippen molar-refractivity contribution in [3.8, 4) is 5.88 Å². The number of hydrogen-bond acceptors (Lipinski definition) is 8. The summed E-state index contributed by atoms with van der Waals surface area (Å²) in [7, 11) is 1.37. The van der Waals surface area contributed by atoms with Crippen LogP contribution < -0.4 is 10.1 Å². The highest BCUT2D eigenvalue weighted by Gasteiger charge is 2.25. The minimum Gasteiger partial charge on any atom is -0.475 e. The maximum atomic E-state index is 12.0. The molecule has 31 heavy (non-hydrogen) atoms. The zero-order valence-corrected chi connectivity index (χ0v) is 20.1. The molecule has 3 rings (SSSR count). The van der Waals surface area contributed by atoms with Crippen LogP contribution in [0.15, 0.2) is 11.4 Å². The highest BCUT2D eigenvalue weighted by Crippen LogP contribution is 2.29. The number of anilines is 1. The predicted molar refractivity (Wildman–Crippen MR) is 124 cm³/mol. The molecule has 8 nitrogen and oxygen atoms in total. The Hall–Kier alpha value is -2.30. The molecule has 0 aliphatic carbocycles. The largest absolute Gasteiger partial charge is 0.475 e. The van der Waals surface area contributed by atoms with Gasteiger partial charge >= 0.3 is 5.97 Å². The SMILES string of the molecule is COC(=O)c1scc(C)c1NC(=S)N1CCOC(COc2cc(C)nc(C(C)C)n2)C1. The normalized spacial score (nSPS) is 16.3. The van der Waals surface area contributed by atoms with Crippen molar-refractivity contribution in [2.75, 3.05) is 38.7 Å². The third kappa shape index (κ3) is 5.90. The van der Waals surface area contributed by atoms with Gasteiger partial charge in [0, 0.05) is 30.8 Å². The second-order valence-corrected chi connectivity index (χ2v) is 8.92. The van der Waals surface area contributed by atoms with Gasteiger partial charge in [-0.05, 0) is 37.0 Å². The lowest BCUT2D eigenvalue weighted by Crippen LogP contribution is -2.49. The maximum absolute atomic E-state index is 12.0. The second-order valence-electron chi connectivity index (χ2n) is 7.65. The summed E-state index contributed by atoms with van der Waals surface area (Å²) in [5.74, 6) is 1.16. The number of nitrogens with zero attached hydrogens (tertiary/aromatic N) is 3. The smallest absolute Gasteiger partial charge is 0.350 e. The van der Waals surface area contributed by atoms with Gasteiger partial charge in [-0.1, -0.05) is 13.8 Å². The lowest BCUT2D eigenvalue weighted by atomic mass is 10.2. The molecule has 1 saturated heterocycles. The van der Waals surface area contributed by atoms with E-state index in [1.807, 2.05) is 30.2 Å². The molecule has 168 valence electrons. The van der Waals surface area contributed by atoms with Crippen LogP contribution in [0.25, 0.3) is 0 Å². The fourth-order valence-electron chi connectivity index (χ4n) is 3.11. The van der Waals surface area contributed by atoms with Gasteiger partial charge in [-0.15, -0.1) is 11.3 Å². The van der Waals surface area contributed by atoms with Crippen LogP contribution in [0.3, 0.4) is 0 Å². The first-order valence-corrected chi connectivity index (χ1v) is 11.4. The highest BCUT2D eigenvalue weighted by atomic mass is 32.1. The lowest BCUT2D eigenvalue weighted by Gasteiger charge is -2.34. The van der Waals surface area contributed by atoms with E-state index < -0.39 is 0 Å². The van der Waals surface area contributed by atoms with Crippen LogP contribution in [-0.4, -0.2) is 65.5 Å². The van der Waals surface area contributed by atoms with E-state index in [9.17, 15) is 4.79 Å².